The van der Waals surface area contributed by atoms with E-state index in [-0.39, 0.29) is 5.41 Å². The van der Waals surface area contributed by atoms with Crippen molar-refractivity contribution in [3.63, 3.8) is 0 Å². The van der Waals surface area contributed by atoms with Crippen LogP contribution in [0.1, 0.15) is 43.4 Å². The molecule has 24 heavy (non-hydrogen) atoms. The van der Waals surface area contributed by atoms with Crippen molar-refractivity contribution in [2.75, 3.05) is 13.7 Å². The van der Waals surface area contributed by atoms with Crippen LogP contribution in [0.25, 0.3) is 0 Å². The van der Waals surface area contributed by atoms with Crippen LogP contribution in [0, 0.1) is 0 Å². The summed E-state index contributed by atoms with van der Waals surface area (Å²) in [4.78, 5) is 16.1. The lowest BCUT2D eigenvalue weighted by molar-refractivity contribution is 0.235. The van der Waals surface area contributed by atoms with E-state index in [1.54, 1.807) is 13.3 Å². The van der Waals surface area contributed by atoms with Crippen LogP contribution in [0.15, 0.2) is 22.9 Å². The van der Waals surface area contributed by atoms with E-state index < -0.39 is 0 Å². The maximum Gasteiger partial charge on any atom is 0.217 e. The number of rotatable bonds is 3. The SMILES string of the molecule is COc1ncc(Br)cc1CN1CCc2cnc(C(C)(C)C)nc2C1. The fraction of sp³-hybridized carbons (Fsp3) is 0.500. The van der Waals surface area contributed by atoms with E-state index in [2.05, 4.69) is 57.6 Å². The second kappa shape index (κ2) is 6.76. The van der Waals surface area contributed by atoms with Gasteiger partial charge in [0.25, 0.3) is 0 Å². The maximum atomic E-state index is 5.39. The van der Waals surface area contributed by atoms with Crippen molar-refractivity contribution in [1.29, 1.82) is 0 Å². The Labute approximate surface area is 151 Å². The summed E-state index contributed by atoms with van der Waals surface area (Å²) in [6.07, 6.45) is 4.74. The van der Waals surface area contributed by atoms with Crippen molar-refractivity contribution in [1.82, 2.24) is 19.9 Å². The Morgan fingerprint density at radius 2 is 2.04 bits per heavy atom. The summed E-state index contributed by atoms with van der Waals surface area (Å²) < 4.78 is 6.36. The van der Waals surface area contributed by atoms with E-state index in [4.69, 9.17) is 9.72 Å². The molecular formula is C18H23BrN4O. The highest BCUT2D eigenvalue weighted by Crippen LogP contribution is 2.26. The number of pyridine rings is 1. The third-order valence-corrected chi connectivity index (χ3v) is 4.61. The highest BCUT2D eigenvalue weighted by Gasteiger charge is 2.23. The summed E-state index contributed by atoms with van der Waals surface area (Å²) >= 11 is 3.49. The van der Waals surface area contributed by atoms with Crippen LogP contribution in [-0.2, 0) is 24.9 Å². The largest absolute Gasteiger partial charge is 0.481 e. The van der Waals surface area contributed by atoms with E-state index in [0.717, 1.165) is 47.6 Å². The normalized spacial score (nSPS) is 15.2. The van der Waals surface area contributed by atoms with Gasteiger partial charge in [-0.3, -0.25) is 4.90 Å². The Balaban J connectivity index is 1.81. The highest BCUT2D eigenvalue weighted by molar-refractivity contribution is 9.10. The molecule has 5 nitrogen and oxygen atoms in total. The van der Waals surface area contributed by atoms with Gasteiger partial charge in [-0.15, -0.1) is 0 Å². The molecule has 0 N–H and O–H groups in total. The molecule has 0 radical (unpaired) electrons. The number of nitrogens with zero attached hydrogens (tertiary/aromatic N) is 4. The van der Waals surface area contributed by atoms with Gasteiger partial charge in [-0.1, -0.05) is 20.8 Å². The van der Waals surface area contributed by atoms with Crippen molar-refractivity contribution in [2.24, 2.45) is 0 Å². The van der Waals surface area contributed by atoms with Crippen LogP contribution in [0.4, 0.5) is 0 Å². The highest BCUT2D eigenvalue weighted by atomic mass is 79.9. The maximum absolute atomic E-state index is 5.39. The fourth-order valence-corrected chi connectivity index (χ4v) is 3.24. The van der Waals surface area contributed by atoms with Crippen LogP contribution < -0.4 is 4.74 Å². The van der Waals surface area contributed by atoms with Crippen LogP contribution in [0.3, 0.4) is 0 Å². The Morgan fingerprint density at radius 1 is 1.25 bits per heavy atom. The molecule has 1 aliphatic rings. The van der Waals surface area contributed by atoms with E-state index in [9.17, 15) is 0 Å². The smallest absolute Gasteiger partial charge is 0.217 e. The standard InChI is InChI=1S/C18H23BrN4O/c1-18(2,3)17-21-8-12-5-6-23(11-15(12)22-17)10-13-7-14(19)9-20-16(13)24-4/h7-9H,5-6,10-11H2,1-4H3. The first-order chi connectivity index (χ1) is 11.4. The van der Waals surface area contributed by atoms with Crippen LogP contribution in [0.2, 0.25) is 0 Å². The molecule has 0 atom stereocenters. The molecule has 3 heterocycles. The molecule has 1 aliphatic heterocycles. The van der Waals surface area contributed by atoms with Crippen LogP contribution >= 0.6 is 15.9 Å². The average Bonchev–Trinajstić information content (AvgIpc) is 2.53. The fourth-order valence-electron chi connectivity index (χ4n) is 2.86. The number of hydrogen-bond acceptors (Lipinski definition) is 5. The Hall–Kier alpha value is -1.53. The minimum Gasteiger partial charge on any atom is -0.481 e. The van der Waals surface area contributed by atoms with Crippen LogP contribution in [-0.4, -0.2) is 33.5 Å². The van der Waals surface area contributed by atoms with Crippen molar-refractivity contribution < 1.29 is 4.74 Å². The molecule has 128 valence electrons. The summed E-state index contributed by atoms with van der Waals surface area (Å²) in [6, 6.07) is 2.07. The van der Waals surface area contributed by atoms with Gasteiger partial charge in [0.05, 0.1) is 12.8 Å². The monoisotopic (exact) mass is 390 g/mol. The predicted octanol–water partition coefficient (Wildman–Crippen LogP) is 3.50. The molecule has 3 rings (SSSR count). The molecule has 0 aromatic carbocycles. The predicted molar refractivity (Wildman–Crippen MR) is 97.0 cm³/mol. The van der Waals surface area contributed by atoms with Gasteiger partial charge in [0, 0.05) is 47.5 Å². The Bertz CT molecular complexity index is 742. The van der Waals surface area contributed by atoms with E-state index in [1.807, 2.05) is 6.20 Å². The number of fused-ring (bicyclic) bond motifs is 1. The first-order valence-electron chi connectivity index (χ1n) is 8.13. The van der Waals surface area contributed by atoms with Gasteiger partial charge in [-0.2, -0.15) is 0 Å². The van der Waals surface area contributed by atoms with Gasteiger partial charge in [-0.05, 0) is 34.0 Å². The molecule has 0 saturated heterocycles. The number of halogens is 1. The minimum absolute atomic E-state index is 0.0330. The molecule has 0 aliphatic carbocycles. The van der Waals surface area contributed by atoms with Gasteiger partial charge >= 0.3 is 0 Å². The lowest BCUT2D eigenvalue weighted by Gasteiger charge is -2.29. The molecule has 0 fully saturated rings. The van der Waals surface area contributed by atoms with E-state index >= 15 is 0 Å². The molecular weight excluding hydrogens is 368 g/mol. The lowest BCUT2D eigenvalue weighted by Crippen LogP contribution is -2.32. The third-order valence-electron chi connectivity index (χ3n) is 4.18. The molecule has 0 amide bonds. The van der Waals surface area contributed by atoms with Gasteiger partial charge in [0.15, 0.2) is 0 Å². The second-order valence-electron chi connectivity index (χ2n) is 7.20. The molecule has 0 unspecified atom stereocenters. The number of aromatic nitrogens is 3. The quantitative estimate of drug-likeness (QED) is 0.802. The zero-order valence-corrected chi connectivity index (χ0v) is 16.2. The molecule has 2 aromatic rings. The zero-order chi connectivity index (χ0) is 17.3. The van der Waals surface area contributed by atoms with E-state index in [0.29, 0.717) is 5.88 Å². The van der Waals surface area contributed by atoms with Gasteiger partial charge < -0.3 is 4.74 Å². The van der Waals surface area contributed by atoms with Crippen molar-refractivity contribution in [3.05, 3.63) is 45.6 Å². The first kappa shape index (κ1) is 17.3. The third kappa shape index (κ3) is 3.75. The first-order valence-corrected chi connectivity index (χ1v) is 8.92. The molecule has 0 bridgehead atoms. The second-order valence-corrected chi connectivity index (χ2v) is 8.11. The van der Waals surface area contributed by atoms with Gasteiger partial charge in [0.2, 0.25) is 5.88 Å². The Morgan fingerprint density at radius 3 is 2.75 bits per heavy atom. The van der Waals surface area contributed by atoms with Crippen molar-refractivity contribution >= 4 is 15.9 Å². The molecule has 2 aromatic heterocycles. The topological polar surface area (TPSA) is 51.1 Å². The average molecular weight is 391 g/mol. The summed E-state index contributed by atoms with van der Waals surface area (Å²) in [5, 5.41) is 0. The molecule has 0 spiro atoms. The summed E-state index contributed by atoms with van der Waals surface area (Å²) in [5.41, 5.74) is 3.46. The minimum atomic E-state index is -0.0330. The zero-order valence-electron chi connectivity index (χ0n) is 14.6. The van der Waals surface area contributed by atoms with Crippen molar-refractivity contribution in [2.45, 2.75) is 45.7 Å². The summed E-state index contributed by atoms with van der Waals surface area (Å²) in [7, 11) is 1.66. The Kier molecular flexibility index (Phi) is 4.88. The van der Waals surface area contributed by atoms with Crippen LogP contribution in [0.5, 0.6) is 5.88 Å². The van der Waals surface area contributed by atoms with E-state index in [1.165, 1.54) is 5.56 Å². The number of methoxy groups -OCH3 is 1. The molecule has 6 heteroatoms. The summed E-state index contributed by atoms with van der Waals surface area (Å²) in [5.74, 6) is 1.59. The summed E-state index contributed by atoms with van der Waals surface area (Å²) in [6.45, 7) is 9.05. The van der Waals surface area contributed by atoms with Gasteiger partial charge in [-0.25, -0.2) is 15.0 Å². The van der Waals surface area contributed by atoms with Gasteiger partial charge in [0.1, 0.15) is 5.82 Å². The number of hydrogen-bond donors (Lipinski definition) is 0. The molecule has 0 saturated carbocycles. The lowest BCUT2D eigenvalue weighted by atomic mass is 9.95. The van der Waals surface area contributed by atoms with Crippen molar-refractivity contribution in [3.8, 4) is 5.88 Å². The number of ether oxygens (including phenoxy) is 1.